The number of nitro benzene ring substituents is 1. The first-order valence-electron chi connectivity index (χ1n) is 4.68. The molecule has 1 aromatic carbocycles. The van der Waals surface area contributed by atoms with E-state index in [1.54, 1.807) is 18.2 Å². The molecule has 0 fully saturated rings. The Labute approximate surface area is 91.2 Å². The van der Waals surface area contributed by atoms with Gasteiger partial charge in [-0.3, -0.25) is 15.2 Å². The van der Waals surface area contributed by atoms with Gasteiger partial charge < -0.3 is 5.73 Å². The highest BCUT2D eigenvalue weighted by molar-refractivity contribution is 5.36. The number of anilines is 1. The molecule has 0 saturated carbocycles. The van der Waals surface area contributed by atoms with Crippen molar-refractivity contribution in [3.05, 3.63) is 51.7 Å². The predicted molar refractivity (Wildman–Crippen MR) is 58.9 cm³/mol. The van der Waals surface area contributed by atoms with Gasteiger partial charge in [-0.2, -0.15) is 5.10 Å². The van der Waals surface area contributed by atoms with Crippen LogP contribution < -0.4 is 5.73 Å². The number of nitrogen functional groups attached to an aromatic ring is 1. The molecule has 6 heteroatoms. The zero-order valence-electron chi connectivity index (χ0n) is 8.38. The van der Waals surface area contributed by atoms with E-state index in [0.717, 1.165) is 11.3 Å². The van der Waals surface area contributed by atoms with Gasteiger partial charge in [0, 0.05) is 30.3 Å². The van der Waals surface area contributed by atoms with Gasteiger partial charge in [0.1, 0.15) is 5.82 Å². The third-order valence-corrected chi connectivity index (χ3v) is 2.19. The Hall–Kier alpha value is -2.37. The molecular weight excluding hydrogens is 208 g/mol. The number of H-pyrrole nitrogens is 1. The quantitative estimate of drug-likeness (QED) is 0.602. The number of nitro groups is 1. The van der Waals surface area contributed by atoms with Gasteiger partial charge in [-0.25, -0.2) is 0 Å². The monoisotopic (exact) mass is 218 g/mol. The summed E-state index contributed by atoms with van der Waals surface area (Å²) >= 11 is 0. The topological polar surface area (TPSA) is 97.8 Å². The maximum Gasteiger partial charge on any atom is 0.269 e. The summed E-state index contributed by atoms with van der Waals surface area (Å²) in [5.41, 5.74) is 7.40. The van der Waals surface area contributed by atoms with Gasteiger partial charge in [0.15, 0.2) is 0 Å². The molecule has 82 valence electrons. The molecule has 2 rings (SSSR count). The van der Waals surface area contributed by atoms with Gasteiger partial charge in [0.2, 0.25) is 0 Å². The average Bonchev–Trinajstić information content (AvgIpc) is 2.65. The molecule has 3 N–H and O–H groups in total. The van der Waals surface area contributed by atoms with Crippen LogP contribution in [0.15, 0.2) is 30.3 Å². The lowest BCUT2D eigenvalue weighted by molar-refractivity contribution is -0.384. The van der Waals surface area contributed by atoms with Crippen LogP contribution >= 0.6 is 0 Å². The lowest BCUT2D eigenvalue weighted by atomic mass is 10.1. The van der Waals surface area contributed by atoms with Gasteiger partial charge in [0.25, 0.3) is 5.69 Å². The molecule has 0 aliphatic rings. The van der Waals surface area contributed by atoms with Crippen LogP contribution in [-0.2, 0) is 6.42 Å². The van der Waals surface area contributed by atoms with Crippen LogP contribution in [0.4, 0.5) is 11.5 Å². The number of hydrogen-bond donors (Lipinski definition) is 2. The molecule has 0 aliphatic heterocycles. The van der Waals surface area contributed by atoms with E-state index in [1.165, 1.54) is 12.1 Å². The number of hydrogen-bond acceptors (Lipinski definition) is 4. The summed E-state index contributed by atoms with van der Waals surface area (Å²) < 4.78 is 0. The molecule has 0 aliphatic carbocycles. The van der Waals surface area contributed by atoms with E-state index in [2.05, 4.69) is 10.2 Å². The average molecular weight is 218 g/mol. The summed E-state index contributed by atoms with van der Waals surface area (Å²) in [4.78, 5) is 10.0. The van der Waals surface area contributed by atoms with E-state index in [1.807, 2.05) is 0 Å². The standard InChI is InChI=1S/C10H10N4O2/c11-10-6-8(12-13-10)5-7-1-3-9(4-2-7)14(15)16/h1-4,6H,5H2,(H3,11,12,13). The van der Waals surface area contributed by atoms with Crippen molar-refractivity contribution < 1.29 is 4.92 Å². The SMILES string of the molecule is Nc1cc(Cc2ccc([N+](=O)[O-])cc2)[nH]n1. The second-order valence-corrected chi connectivity index (χ2v) is 3.42. The highest BCUT2D eigenvalue weighted by Gasteiger charge is 2.05. The molecular formula is C10H10N4O2. The first kappa shape index (κ1) is 10.2. The molecule has 0 bridgehead atoms. The molecule has 0 saturated heterocycles. The summed E-state index contributed by atoms with van der Waals surface area (Å²) in [5, 5.41) is 17.0. The number of benzene rings is 1. The summed E-state index contributed by atoms with van der Waals surface area (Å²) in [6, 6.07) is 8.13. The van der Waals surface area contributed by atoms with Crippen molar-refractivity contribution in [2.24, 2.45) is 0 Å². The molecule has 16 heavy (non-hydrogen) atoms. The summed E-state index contributed by atoms with van der Waals surface area (Å²) in [7, 11) is 0. The number of nitrogens with one attached hydrogen (secondary N) is 1. The highest BCUT2D eigenvalue weighted by Crippen LogP contribution is 2.14. The van der Waals surface area contributed by atoms with Crippen LogP contribution in [-0.4, -0.2) is 15.1 Å². The Morgan fingerprint density at radius 1 is 1.38 bits per heavy atom. The normalized spacial score (nSPS) is 10.2. The Morgan fingerprint density at radius 3 is 2.56 bits per heavy atom. The fraction of sp³-hybridized carbons (Fsp3) is 0.100. The second kappa shape index (κ2) is 4.01. The lowest BCUT2D eigenvalue weighted by Gasteiger charge is -1.97. The largest absolute Gasteiger partial charge is 0.382 e. The first-order valence-corrected chi connectivity index (χ1v) is 4.68. The summed E-state index contributed by atoms with van der Waals surface area (Å²) in [6.07, 6.45) is 0.627. The van der Waals surface area contributed by atoms with Crippen molar-refractivity contribution in [3.63, 3.8) is 0 Å². The van der Waals surface area contributed by atoms with Crippen molar-refractivity contribution in [1.82, 2.24) is 10.2 Å². The smallest absolute Gasteiger partial charge is 0.269 e. The highest BCUT2D eigenvalue weighted by atomic mass is 16.6. The number of nitrogens with two attached hydrogens (primary N) is 1. The maximum atomic E-state index is 10.4. The van der Waals surface area contributed by atoms with Crippen molar-refractivity contribution in [2.45, 2.75) is 6.42 Å². The molecule has 0 atom stereocenters. The van der Waals surface area contributed by atoms with Gasteiger partial charge in [0.05, 0.1) is 4.92 Å². The first-order chi connectivity index (χ1) is 7.65. The van der Waals surface area contributed by atoms with E-state index in [0.29, 0.717) is 12.2 Å². The van der Waals surface area contributed by atoms with Gasteiger partial charge in [-0.05, 0) is 5.56 Å². The molecule has 6 nitrogen and oxygen atoms in total. The Kier molecular flexibility index (Phi) is 2.55. The number of nitrogens with zero attached hydrogens (tertiary/aromatic N) is 2. The number of aromatic amines is 1. The minimum absolute atomic E-state index is 0.0906. The van der Waals surface area contributed by atoms with Crippen molar-refractivity contribution in [2.75, 3.05) is 5.73 Å². The fourth-order valence-electron chi connectivity index (χ4n) is 1.43. The zero-order chi connectivity index (χ0) is 11.5. The van der Waals surface area contributed by atoms with Crippen LogP contribution in [0.5, 0.6) is 0 Å². The second-order valence-electron chi connectivity index (χ2n) is 3.42. The molecule has 1 heterocycles. The molecule has 2 aromatic rings. The van der Waals surface area contributed by atoms with E-state index >= 15 is 0 Å². The van der Waals surface area contributed by atoms with Crippen molar-refractivity contribution in [1.29, 1.82) is 0 Å². The third kappa shape index (κ3) is 2.17. The van der Waals surface area contributed by atoms with E-state index in [4.69, 9.17) is 5.73 Å². The van der Waals surface area contributed by atoms with Crippen LogP contribution in [0, 0.1) is 10.1 Å². The zero-order valence-corrected chi connectivity index (χ0v) is 8.38. The van der Waals surface area contributed by atoms with E-state index in [-0.39, 0.29) is 5.69 Å². The van der Waals surface area contributed by atoms with Crippen LogP contribution in [0.1, 0.15) is 11.3 Å². The minimum atomic E-state index is -0.419. The Morgan fingerprint density at radius 2 is 2.06 bits per heavy atom. The van der Waals surface area contributed by atoms with E-state index in [9.17, 15) is 10.1 Å². The van der Waals surface area contributed by atoms with E-state index < -0.39 is 4.92 Å². The van der Waals surface area contributed by atoms with Crippen LogP contribution in [0.2, 0.25) is 0 Å². The van der Waals surface area contributed by atoms with Gasteiger partial charge in [-0.1, -0.05) is 12.1 Å². The predicted octanol–water partition coefficient (Wildman–Crippen LogP) is 1.49. The molecule has 0 amide bonds. The number of non-ortho nitro benzene ring substituents is 1. The fourth-order valence-corrected chi connectivity index (χ4v) is 1.43. The summed E-state index contributed by atoms with van der Waals surface area (Å²) in [5.74, 6) is 0.442. The molecule has 0 unspecified atom stereocenters. The molecule has 1 aromatic heterocycles. The molecule has 0 spiro atoms. The van der Waals surface area contributed by atoms with Crippen molar-refractivity contribution >= 4 is 11.5 Å². The number of aromatic nitrogens is 2. The van der Waals surface area contributed by atoms with Crippen LogP contribution in [0.25, 0.3) is 0 Å². The van der Waals surface area contributed by atoms with Crippen molar-refractivity contribution in [3.8, 4) is 0 Å². The molecule has 0 radical (unpaired) electrons. The third-order valence-electron chi connectivity index (χ3n) is 2.19. The Bertz CT molecular complexity index is 504. The summed E-state index contributed by atoms with van der Waals surface area (Å²) in [6.45, 7) is 0. The van der Waals surface area contributed by atoms with Gasteiger partial charge in [-0.15, -0.1) is 0 Å². The lowest BCUT2D eigenvalue weighted by Crippen LogP contribution is -1.91. The van der Waals surface area contributed by atoms with Crippen LogP contribution in [0.3, 0.4) is 0 Å². The maximum absolute atomic E-state index is 10.4. The Balaban J connectivity index is 2.14. The van der Waals surface area contributed by atoms with Gasteiger partial charge >= 0.3 is 0 Å². The minimum Gasteiger partial charge on any atom is -0.382 e. The number of rotatable bonds is 3.